The Labute approximate surface area is 131 Å². The van der Waals surface area contributed by atoms with Crippen LogP contribution in [0.25, 0.3) is 0 Å². The van der Waals surface area contributed by atoms with Gasteiger partial charge in [-0.25, -0.2) is 9.59 Å². The van der Waals surface area contributed by atoms with Crippen LogP contribution in [0.3, 0.4) is 0 Å². The second-order valence-electron chi connectivity index (χ2n) is 4.89. The van der Waals surface area contributed by atoms with Crippen molar-refractivity contribution >= 4 is 39.7 Å². The van der Waals surface area contributed by atoms with Crippen molar-refractivity contribution in [3.8, 4) is 0 Å². The lowest BCUT2D eigenvalue weighted by atomic mass is 10.2. The van der Waals surface area contributed by atoms with Crippen molar-refractivity contribution < 1.29 is 19.4 Å². The van der Waals surface area contributed by atoms with Crippen LogP contribution in [0.5, 0.6) is 0 Å². The lowest BCUT2D eigenvalue weighted by molar-refractivity contribution is 0.0634. The van der Waals surface area contributed by atoms with E-state index in [0.717, 1.165) is 5.00 Å². The van der Waals surface area contributed by atoms with Crippen LogP contribution in [0.15, 0.2) is 35.0 Å². The van der Waals surface area contributed by atoms with Crippen LogP contribution in [-0.4, -0.2) is 22.8 Å². The highest BCUT2D eigenvalue weighted by molar-refractivity contribution is 7.14. The summed E-state index contributed by atoms with van der Waals surface area (Å²) in [5.74, 6) is -0.847. The molecule has 0 aliphatic carbocycles. The van der Waals surface area contributed by atoms with Gasteiger partial charge >= 0.3 is 12.1 Å². The first-order valence-corrected chi connectivity index (χ1v) is 7.84. The topological polar surface area (TPSA) is 75.6 Å². The van der Waals surface area contributed by atoms with E-state index in [9.17, 15) is 9.59 Å². The molecule has 2 aromatic heterocycles. The third-order valence-electron chi connectivity index (χ3n) is 1.88. The zero-order valence-corrected chi connectivity index (χ0v) is 13.6. The maximum Gasteiger partial charge on any atom is 0.412 e. The third-order valence-corrected chi connectivity index (χ3v) is 3.52. The zero-order chi connectivity index (χ0) is 15.9. The van der Waals surface area contributed by atoms with Crippen LogP contribution >= 0.6 is 22.7 Å². The van der Waals surface area contributed by atoms with E-state index in [-0.39, 0.29) is 0 Å². The Bertz CT molecular complexity index is 556. The molecule has 0 radical (unpaired) electrons. The Hall–Kier alpha value is -1.86. The van der Waals surface area contributed by atoms with Gasteiger partial charge in [-0.3, -0.25) is 5.32 Å². The van der Waals surface area contributed by atoms with E-state index in [1.807, 2.05) is 38.3 Å². The van der Waals surface area contributed by atoms with E-state index >= 15 is 0 Å². The van der Waals surface area contributed by atoms with Gasteiger partial charge in [-0.05, 0) is 49.7 Å². The Kier molecular flexibility index (Phi) is 6.39. The molecule has 0 spiro atoms. The quantitative estimate of drug-likeness (QED) is 0.849. The number of aromatic carboxylic acids is 1. The van der Waals surface area contributed by atoms with Crippen molar-refractivity contribution in [2.24, 2.45) is 0 Å². The van der Waals surface area contributed by atoms with Crippen molar-refractivity contribution in [1.29, 1.82) is 0 Å². The number of carbonyl (C=O) groups is 2. The van der Waals surface area contributed by atoms with Gasteiger partial charge in [-0.15, -0.1) is 22.7 Å². The number of carboxylic acid groups (broad SMARTS) is 1. The summed E-state index contributed by atoms with van der Waals surface area (Å²) in [7, 11) is 0. The van der Waals surface area contributed by atoms with Crippen molar-refractivity contribution in [3.63, 3.8) is 0 Å². The van der Waals surface area contributed by atoms with Crippen LogP contribution in [0, 0.1) is 0 Å². The molecule has 0 saturated heterocycles. The average molecular weight is 327 g/mol. The monoisotopic (exact) mass is 327 g/mol. The van der Waals surface area contributed by atoms with Crippen LogP contribution in [0.2, 0.25) is 0 Å². The molecule has 0 aromatic carbocycles. The first-order valence-electron chi connectivity index (χ1n) is 6.08. The molecule has 0 saturated carbocycles. The smallest absolute Gasteiger partial charge is 0.412 e. The predicted octanol–water partition coefficient (Wildman–Crippen LogP) is 4.54. The van der Waals surface area contributed by atoms with Crippen LogP contribution in [0.4, 0.5) is 9.80 Å². The fourth-order valence-corrected chi connectivity index (χ4v) is 2.32. The van der Waals surface area contributed by atoms with E-state index < -0.39 is 17.7 Å². The summed E-state index contributed by atoms with van der Waals surface area (Å²) in [5.41, 5.74) is -0.443. The number of nitrogens with one attached hydrogen (secondary N) is 1. The van der Waals surface area contributed by atoms with E-state index in [1.54, 1.807) is 17.5 Å². The number of carboxylic acids is 1. The maximum atomic E-state index is 11.2. The van der Waals surface area contributed by atoms with Crippen LogP contribution < -0.4 is 5.32 Å². The molecule has 5 nitrogen and oxygen atoms in total. The highest BCUT2D eigenvalue weighted by Gasteiger charge is 2.16. The number of anilines is 1. The molecule has 0 fully saturated rings. The van der Waals surface area contributed by atoms with E-state index in [2.05, 4.69) is 5.32 Å². The summed E-state index contributed by atoms with van der Waals surface area (Å²) in [6.07, 6.45) is -0.407. The Morgan fingerprint density at radius 3 is 2.14 bits per heavy atom. The second-order valence-corrected chi connectivity index (χ2v) is 6.78. The highest BCUT2D eigenvalue weighted by Crippen LogP contribution is 2.16. The molecule has 1 amide bonds. The summed E-state index contributed by atoms with van der Waals surface area (Å²) < 4.78 is 5.07. The molecule has 7 heteroatoms. The number of ether oxygens (including phenoxy) is 1. The predicted molar refractivity (Wildman–Crippen MR) is 85.5 cm³/mol. The number of amides is 1. The third kappa shape index (κ3) is 7.48. The van der Waals surface area contributed by atoms with Gasteiger partial charge in [0, 0.05) is 0 Å². The van der Waals surface area contributed by atoms with Gasteiger partial charge in [0.15, 0.2) is 0 Å². The summed E-state index contributed by atoms with van der Waals surface area (Å²) in [6.45, 7) is 5.50. The van der Waals surface area contributed by atoms with Gasteiger partial charge in [0.2, 0.25) is 0 Å². The summed E-state index contributed by atoms with van der Waals surface area (Å²) in [5, 5.41) is 15.4. The number of hydrogen-bond acceptors (Lipinski definition) is 5. The van der Waals surface area contributed by atoms with Gasteiger partial charge in [-0.2, -0.15) is 0 Å². The lowest BCUT2D eigenvalue weighted by Gasteiger charge is -2.19. The summed E-state index contributed by atoms with van der Waals surface area (Å²) in [6, 6.07) is 6.99. The first kappa shape index (κ1) is 17.2. The Balaban J connectivity index is 0.000000235. The molecule has 114 valence electrons. The highest BCUT2D eigenvalue weighted by atomic mass is 32.1. The fraction of sp³-hybridized carbons (Fsp3) is 0.286. The van der Waals surface area contributed by atoms with Crippen molar-refractivity contribution in [2.45, 2.75) is 26.4 Å². The van der Waals surface area contributed by atoms with E-state index in [1.165, 1.54) is 22.7 Å². The van der Waals surface area contributed by atoms with Gasteiger partial charge in [-0.1, -0.05) is 6.07 Å². The zero-order valence-electron chi connectivity index (χ0n) is 12.0. The molecule has 0 aliphatic heterocycles. The van der Waals surface area contributed by atoms with Crippen LogP contribution in [0.1, 0.15) is 30.4 Å². The van der Waals surface area contributed by atoms with Gasteiger partial charge < -0.3 is 9.84 Å². The maximum absolute atomic E-state index is 11.2. The number of thiophene rings is 2. The minimum atomic E-state index is -0.847. The molecular weight excluding hydrogens is 310 g/mol. The van der Waals surface area contributed by atoms with Gasteiger partial charge in [0.05, 0.1) is 5.00 Å². The Morgan fingerprint density at radius 2 is 1.76 bits per heavy atom. The fourth-order valence-electron chi connectivity index (χ4n) is 1.15. The normalized spacial score (nSPS) is 10.2. The molecule has 2 aromatic rings. The second kappa shape index (κ2) is 7.80. The van der Waals surface area contributed by atoms with Gasteiger partial charge in [0.1, 0.15) is 10.5 Å². The molecule has 0 bridgehead atoms. The van der Waals surface area contributed by atoms with Crippen molar-refractivity contribution in [3.05, 3.63) is 39.9 Å². The largest absolute Gasteiger partial charge is 0.477 e. The molecule has 21 heavy (non-hydrogen) atoms. The molecule has 2 heterocycles. The van der Waals surface area contributed by atoms with Gasteiger partial charge in [0.25, 0.3) is 0 Å². The van der Waals surface area contributed by atoms with E-state index in [0.29, 0.717) is 4.88 Å². The Morgan fingerprint density at radius 1 is 1.14 bits per heavy atom. The molecule has 0 atom stereocenters. The average Bonchev–Trinajstić information content (AvgIpc) is 2.98. The number of hydrogen-bond donors (Lipinski definition) is 2. The first-order chi connectivity index (χ1) is 9.78. The molecular formula is C14H17NO4S2. The summed E-state index contributed by atoms with van der Waals surface area (Å²) >= 11 is 2.70. The van der Waals surface area contributed by atoms with Crippen molar-refractivity contribution in [2.75, 3.05) is 5.32 Å². The lowest BCUT2D eigenvalue weighted by Crippen LogP contribution is -2.26. The number of carbonyl (C=O) groups excluding carboxylic acids is 1. The summed E-state index contributed by atoms with van der Waals surface area (Å²) in [4.78, 5) is 21.7. The van der Waals surface area contributed by atoms with Crippen LogP contribution in [-0.2, 0) is 4.74 Å². The standard InChI is InChI=1S/C9H13NO2S.C5H4O2S/c1-9(2,3)12-8(11)10-7-5-4-6-13-7;6-5(7)4-2-1-3-8-4/h4-6H,1-3H3,(H,10,11);1-3H,(H,6,7). The molecule has 0 aliphatic rings. The minimum Gasteiger partial charge on any atom is -0.477 e. The number of rotatable bonds is 2. The molecule has 0 unspecified atom stereocenters. The minimum absolute atomic E-state index is 0.394. The van der Waals surface area contributed by atoms with Crippen molar-refractivity contribution in [1.82, 2.24) is 0 Å². The van der Waals surface area contributed by atoms with E-state index in [4.69, 9.17) is 9.84 Å². The molecule has 2 N–H and O–H groups in total. The molecule has 2 rings (SSSR count). The SMILES string of the molecule is CC(C)(C)OC(=O)Nc1cccs1.O=C(O)c1cccs1.